The second kappa shape index (κ2) is 6.55. The summed E-state index contributed by atoms with van der Waals surface area (Å²) in [5.41, 5.74) is 6.75. The van der Waals surface area contributed by atoms with E-state index < -0.39 is 0 Å². The van der Waals surface area contributed by atoms with Crippen LogP contribution in [0.1, 0.15) is 19.4 Å². The molecule has 0 fully saturated rings. The molecule has 1 aromatic rings. The van der Waals surface area contributed by atoms with Crippen LogP contribution in [-0.2, 0) is 6.42 Å². The van der Waals surface area contributed by atoms with Gasteiger partial charge in [0.2, 0.25) is 0 Å². The molecule has 0 aromatic heterocycles. The van der Waals surface area contributed by atoms with E-state index in [9.17, 15) is 0 Å². The van der Waals surface area contributed by atoms with Crippen molar-refractivity contribution >= 4 is 15.4 Å². The maximum atomic E-state index is 5.70. The third-order valence-corrected chi connectivity index (χ3v) is 3.17. The molecule has 0 radical (unpaired) electrons. The summed E-state index contributed by atoms with van der Waals surface area (Å²) >= 11 is 0. The highest BCUT2D eigenvalue weighted by Gasteiger charge is 2.12. The second-order valence-electron chi connectivity index (χ2n) is 3.60. The molecule has 0 saturated carbocycles. The average molecular weight is 239 g/mol. The topological polar surface area (TPSA) is 44.5 Å². The van der Waals surface area contributed by atoms with Gasteiger partial charge in [0.05, 0.1) is 13.2 Å². The van der Waals surface area contributed by atoms with Crippen LogP contribution >= 0.6 is 0 Å². The molecule has 0 aliphatic heterocycles. The van der Waals surface area contributed by atoms with E-state index in [1.165, 1.54) is 5.19 Å². The van der Waals surface area contributed by atoms with Crippen LogP contribution in [-0.4, -0.2) is 30.0 Å². The van der Waals surface area contributed by atoms with Crippen LogP contribution in [0.15, 0.2) is 12.1 Å². The number of hydrogen-bond acceptors (Lipinski definition) is 3. The Labute approximate surface area is 100 Å². The van der Waals surface area contributed by atoms with Gasteiger partial charge < -0.3 is 15.2 Å². The van der Waals surface area contributed by atoms with Crippen molar-refractivity contribution in [3.05, 3.63) is 17.7 Å². The van der Waals surface area contributed by atoms with Crippen LogP contribution in [0.25, 0.3) is 0 Å². The van der Waals surface area contributed by atoms with Crippen LogP contribution in [0, 0.1) is 0 Å². The predicted molar refractivity (Wildman–Crippen MR) is 71.1 cm³/mol. The first-order valence-electron chi connectivity index (χ1n) is 5.82. The molecule has 1 aromatic carbocycles. The first kappa shape index (κ1) is 13.1. The van der Waals surface area contributed by atoms with E-state index >= 15 is 0 Å². The van der Waals surface area contributed by atoms with Gasteiger partial charge in [-0.2, -0.15) is 0 Å². The zero-order valence-corrected chi connectivity index (χ0v) is 12.4. The maximum Gasteiger partial charge on any atom is 0.164 e. The third kappa shape index (κ3) is 2.99. The van der Waals surface area contributed by atoms with Gasteiger partial charge in [-0.25, -0.2) is 0 Å². The van der Waals surface area contributed by atoms with Gasteiger partial charge in [0.1, 0.15) is 0 Å². The Morgan fingerprint density at radius 1 is 1.12 bits per heavy atom. The van der Waals surface area contributed by atoms with Crippen molar-refractivity contribution in [2.24, 2.45) is 5.73 Å². The lowest BCUT2D eigenvalue weighted by molar-refractivity contribution is 0.287. The molecule has 16 heavy (non-hydrogen) atoms. The summed E-state index contributed by atoms with van der Waals surface area (Å²) < 4.78 is 11.4. The fraction of sp³-hybridized carbons (Fsp3) is 0.500. The molecule has 0 bridgehead atoms. The Hall–Kier alpha value is -1.00. The molecule has 0 atom stereocenters. The summed E-state index contributed by atoms with van der Waals surface area (Å²) in [4.78, 5) is 0. The minimum atomic E-state index is 0.631. The molecular weight excluding hydrogens is 218 g/mol. The first-order valence-corrected chi connectivity index (χ1v) is 6.82. The van der Waals surface area contributed by atoms with Crippen molar-refractivity contribution in [2.75, 3.05) is 19.8 Å². The van der Waals surface area contributed by atoms with Crippen molar-refractivity contribution < 1.29 is 9.47 Å². The maximum absolute atomic E-state index is 5.70. The summed E-state index contributed by atoms with van der Waals surface area (Å²) in [7, 11) is 0.961. The van der Waals surface area contributed by atoms with Crippen LogP contribution < -0.4 is 20.4 Å². The lowest BCUT2D eigenvalue weighted by atomic mass is 10.1. The van der Waals surface area contributed by atoms with Gasteiger partial charge in [-0.1, -0.05) is 12.1 Å². The second-order valence-corrected chi connectivity index (χ2v) is 4.68. The molecule has 0 aliphatic rings. The van der Waals surface area contributed by atoms with Gasteiger partial charge in [0.25, 0.3) is 0 Å². The number of rotatable bonds is 6. The highest BCUT2D eigenvalue weighted by atomic mass is 28.1. The van der Waals surface area contributed by atoms with Crippen LogP contribution in [0.3, 0.4) is 0 Å². The minimum absolute atomic E-state index is 0.631. The third-order valence-electron chi connectivity index (χ3n) is 2.38. The summed E-state index contributed by atoms with van der Waals surface area (Å²) in [5, 5.41) is 1.24. The normalized spacial score (nSPS) is 10.4. The molecule has 1 rings (SSSR count). The van der Waals surface area contributed by atoms with E-state index in [0.717, 1.165) is 33.7 Å². The minimum Gasteiger partial charge on any atom is -0.490 e. The molecule has 0 heterocycles. The predicted octanol–water partition coefficient (Wildman–Crippen LogP) is -0.0241. The van der Waals surface area contributed by atoms with Crippen LogP contribution in [0.4, 0.5) is 0 Å². The van der Waals surface area contributed by atoms with Gasteiger partial charge >= 0.3 is 0 Å². The van der Waals surface area contributed by atoms with Crippen molar-refractivity contribution in [3.8, 4) is 11.5 Å². The smallest absolute Gasteiger partial charge is 0.164 e. The zero-order chi connectivity index (χ0) is 12.0. The quantitative estimate of drug-likeness (QED) is 0.709. The zero-order valence-electron chi connectivity index (χ0n) is 10.4. The fourth-order valence-electron chi connectivity index (χ4n) is 1.68. The number of benzene rings is 1. The largest absolute Gasteiger partial charge is 0.490 e. The van der Waals surface area contributed by atoms with E-state index in [-0.39, 0.29) is 0 Å². The van der Waals surface area contributed by atoms with Crippen molar-refractivity contribution in [3.63, 3.8) is 0 Å². The monoisotopic (exact) mass is 239 g/mol. The first-order chi connectivity index (χ1) is 7.74. The van der Waals surface area contributed by atoms with E-state index in [1.54, 1.807) is 0 Å². The van der Waals surface area contributed by atoms with E-state index in [1.807, 2.05) is 13.8 Å². The molecule has 0 aliphatic carbocycles. The van der Waals surface area contributed by atoms with Crippen LogP contribution in [0.2, 0.25) is 0 Å². The standard InChI is InChI=1S/C12H21NO2Si/c1-3-14-11-9(7-8-13)5-6-10(16)12(11)15-4-2/h5-6H,3-4,7-8,13H2,1-2,16H3. The Morgan fingerprint density at radius 2 is 1.75 bits per heavy atom. The fourth-order valence-corrected chi connectivity index (χ4v) is 2.22. The molecule has 0 spiro atoms. The molecule has 4 heteroatoms. The average Bonchev–Trinajstić information content (AvgIpc) is 2.27. The molecule has 0 amide bonds. The number of hydrogen-bond donors (Lipinski definition) is 1. The molecule has 3 nitrogen and oxygen atoms in total. The SMILES string of the molecule is CCOc1c([SiH3])ccc(CCN)c1OCC. The molecule has 90 valence electrons. The van der Waals surface area contributed by atoms with Gasteiger partial charge in [-0.05, 0) is 37.6 Å². The van der Waals surface area contributed by atoms with Crippen molar-refractivity contribution in [1.29, 1.82) is 0 Å². The molecule has 2 N–H and O–H groups in total. The van der Waals surface area contributed by atoms with Gasteiger partial charge in [0, 0.05) is 10.2 Å². The van der Waals surface area contributed by atoms with E-state index in [2.05, 4.69) is 12.1 Å². The molecule has 0 saturated heterocycles. The highest BCUT2D eigenvalue weighted by molar-refractivity contribution is 6.34. The van der Waals surface area contributed by atoms with E-state index in [4.69, 9.17) is 15.2 Å². The summed E-state index contributed by atoms with van der Waals surface area (Å²) in [5.74, 6) is 1.81. The van der Waals surface area contributed by atoms with Gasteiger partial charge in [-0.3, -0.25) is 0 Å². The number of ether oxygens (including phenoxy) is 2. The van der Waals surface area contributed by atoms with Crippen molar-refractivity contribution in [1.82, 2.24) is 0 Å². The molecular formula is C12H21NO2Si. The Kier molecular flexibility index (Phi) is 5.35. The summed E-state index contributed by atoms with van der Waals surface area (Å²) in [6.07, 6.45) is 0.831. The van der Waals surface area contributed by atoms with Crippen molar-refractivity contribution in [2.45, 2.75) is 20.3 Å². The summed E-state index contributed by atoms with van der Waals surface area (Å²) in [6.45, 7) is 5.93. The van der Waals surface area contributed by atoms with E-state index in [0.29, 0.717) is 19.8 Å². The Morgan fingerprint density at radius 3 is 2.31 bits per heavy atom. The Balaban J connectivity index is 3.14. The number of nitrogens with two attached hydrogens (primary N) is 1. The highest BCUT2D eigenvalue weighted by Crippen LogP contribution is 2.29. The van der Waals surface area contributed by atoms with Gasteiger partial charge in [0.15, 0.2) is 11.5 Å². The van der Waals surface area contributed by atoms with Crippen LogP contribution in [0.5, 0.6) is 11.5 Å². The molecule has 0 unspecified atom stereocenters. The lowest BCUT2D eigenvalue weighted by Crippen LogP contribution is -2.14. The Bertz CT molecular complexity index is 342. The lowest BCUT2D eigenvalue weighted by Gasteiger charge is -2.17. The van der Waals surface area contributed by atoms with Gasteiger partial charge in [-0.15, -0.1) is 0 Å². The summed E-state index contributed by atoms with van der Waals surface area (Å²) in [6, 6.07) is 4.22.